The second-order valence-corrected chi connectivity index (χ2v) is 11.7. The van der Waals surface area contributed by atoms with Gasteiger partial charge in [0, 0.05) is 17.7 Å². The molecule has 0 saturated carbocycles. The van der Waals surface area contributed by atoms with E-state index in [9.17, 15) is 14.5 Å². The number of methoxy groups -OCH3 is 2. The summed E-state index contributed by atoms with van der Waals surface area (Å²) in [4.78, 5) is 17.3. The molecule has 0 fully saturated rings. The van der Waals surface area contributed by atoms with E-state index in [4.69, 9.17) is 23.3 Å². The van der Waals surface area contributed by atoms with E-state index < -0.39 is 19.3 Å². The van der Waals surface area contributed by atoms with Crippen LogP contribution in [0.25, 0.3) is 10.6 Å². The monoisotopic (exact) mass is 592 g/mol. The molecule has 0 aliphatic rings. The van der Waals surface area contributed by atoms with Gasteiger partial charge < -0.3 is 28.4 Å². The van der Waals surface area contributed by atoms with Crippen molar-refractivity contribution in [1.82, 2.24) is 10.3 Å². The zero-order chi connectivity index (χ0) is 29.3. The predicted octanol–water partition coefficient (Wildman–Crippen LogP) is 6.12. The Labute approximate surface area is 239 Å². The van der Waals surface area contributed by atoms with Crippen molar-refractivity contribution < 1.29 is 37.7 Å². The smallest absolute Gasteiger partial charge is 0.352 e. The highest BCUT2D eigenvalue weighted by Crippen LogP contribution is 2.61. The lowest BCUT2D eigenvalue weighted by molar-refractivity contribution is 0.0531. The van der Waals surface area contributed by atoms with Crippen molar-refractivity contribution in [2.45, 2.75) is 39.9 Å². The van der Waals surface area contributed by atoms with Gasteiger partial charge in [-0.3, -0.25) is 9.88 Å². The third-order valence-electron chi connectivity index (χ3n) is 5.96. The molecule has 12 heteroatoms. The van der Waals surface area contributed by atoms with Crippen molar-refractivity contribution in [2.24, 2.45) is 0 Å². The fourth-order valence-corrected chi connectivity index (χ4v) is 7.09. The first-order valence-electron chi connectivity index (χ1n) is 13.0. The molecule has 1 heterocycles. The van der Waals surface area contributed by atoms with E-state index in [1.54, 1.807) is 54.0 Å². The Morgan fingerprint density at radius 2 is 1.73 bits per heavy atom. The number of phenols is 1. The number of esters is 1. The molecule has 0 radical (unpaired) electrons. The zero-order valence-corrected chi connectivity index (χ0v) is 25.4. The van der Waals surface area contributed by atoms with E-state index in [0.29, 0.717) is 51.2 Å². The van der Waals surface area contributed by atoms with E-state index >= 15 is 0 Å². The van der Waals surface area contributed by atoms with Crippen LogP contribution < -0.4 is 14.8 Å². The van der Waals surface area contributed by atoms with Crippen LogP contribution in [-0.2, 0) is 24.8 Å². The van der Waals surface area contributed by atoms with Gasteiger partial charge in [-0.15, -0.1) is 11.3 Å². The number of phenolic OH excluding ortho intramolecular Hbond substituents is 1. The number of thiazole rings is 1. The van der Waals surface area contributed by atoms with Crippen LogP contribution in [0.5, 0.6) is 17.2 Å². The average Bonchev–Trinajstić information content (AvgIpc) is 3.33. The molecule has 0 bridgehead atoms. The summed E-state index contributed by atoms with van der Waals surface area (Å²) in [6.45, 7) is 7.91. The molecule has 2 N–H and O–H groups in total. The van der Waals surface area contributed by atoms with Gasteiger partial charge in [-0.25, -0.2) is 9.78 Å². The summed E-state index contributed by atoms with van der Waals surface area (Å²) >= 11 is 1.20. The Hall–Kier alpha value is -2.95. The van der Waals surface area contributed by atoms with Crippen molar-refractivity contribution in [3.8, 4) is 27.8 Å². The molecule has 0 aliphatic heterocycles. The number of carbonyl (C=O) groups excluding carboxylic acids is 1. The first-order valence-corrected chi connectivity index (χ1v) is 15.4. The first kappa shape index (κ1) is 31.6. The fourth-order valence-electron chi connectivity index (χ4n) is 4.14. The molecule has 3 rings (SSSR count). The van der Waals surface area contributed by atoms with Gasteiger partial charge in [-0.2, -0.15) is 0 Å². The Kier molecular flexibility index (Phi) is 11.5. The highest BCUT2D eigenvalue weighted by atomic mass is 32.1. The lowest BCUT2D eigenvalue weighted by Crippen LogP contribution is -2.26. The van der Waals surface area contributed by atoms with E-state index in [1.807, 2.05) is 18.2 Å². The van der Waals surface area contributed by atoms with Crippen molar-refractivity contribution >= 4 is 24.9 Å². The second-order valence-electron chi connectivity index (χ2n) is 8.60. The minimum atomic E-state index is -3.77. The van der Waals surface area contributed by atoms with Crippen LogP contribution >= 0.6 is 18.9 Å². The maximum Gasteiger partial charge on any atom is 0.352 e. The largest absolute Gasteiger partial charge is 0.508 e. The quantitative estimate of drug-likeness (QED) is 0.158. The molecule has 1 aromatic heterocycles. The summed E-state index contributed by atoms with van der Waals surface area (Å²) in [5, 5.41) is 14.8. The first-order chi connectivity index (χ1) is 19.2. The Bertz CT molecular complexity index is 1340. The van der Waals surface area contributed by atoms with E-state index in [-0.39, 0.29) is 25.6 Å². The maximum absolute atomic E-state index is 14.0. The molecule has 10 nitrogen and oxygen atoms in total. The van der Waals surface area contributed by atoms with Crippen LogP contribution in [0, 0.1) is 6.92 Å². The molecule has 218 valence electrons. The topological polar surface area (TPSA) is 125 Å². The highest BCUT2D eigenvalue weighted by Gasteiger charge is 2.38. The average molecular weight is 593 g/mol. The van der Waals surface area contributed by atoms with Crippen LogP contribution in [0.3, 0.4) is 0 Å². The van der Waals surface area contributed by atoms with E-state index in [2.05, 4.69) is 10.3 Å². The normalized spacial score (nSPS) is 12.2. The number of aromatic hydroxyl groups is 1. The number of aryl methyl sites for hydroxylation is 1. The summed E-state index contributed by atoms with van der Waals surface area (Å²) in [5.41, 5.74) is 2.49. The molecular weight excluding hydrogens is 555 g/mol. The van der Waals surface area contributed by atoms with Crippen LogP contribution in [-0.4, -0.2) is 56.6 Å². The number of benzene rings is 2. The molecule has 3 aromatic rings. The number of hydrogen-bond donors (Lipinski definition) is 2. The fraction of sp³-hybridized carbons (Fsp3) is 0.429. The number of ether oxygens (including phenoxy) is 3. The van der Waals surface area contributed by atoms with Crippen molar-refractivity contribution in [2.75, 3.05) is 40.6 Å². The summed E-state index contributed by atoms with van der Waals surface area (Å²) in [6, 6.07) is 10.5. The summed E-state index contributed by atoms with van der Waals surface area (Å²) in [7, 11) is -0.622. The summed E-state index contributed by atoms with van der Waals surface area (Å²) < 4.78 is 41.3. The minimum absolute atomic E-state index is 0.0779. The SMILES string of the molecule is CCOC(=O)c1sc(-c2ccc(O)c(C(NCCc3ccc(OC)c(OC)c3)P(=O)(OCC)OCC)c2)nc1C. The maximum atomic E-state index is 14.0. The van der Waals surface area contributed by atoms with Crippen molar-refractivity contribution in [3.05, 3.63) is 58.1 Å². The number of nitrogens with zero attached hydrogens (tertiary/aromatic N) is 1. The van der Waals surface area contributed by atoms with E-state index in [1.165, 1.54) is 17.4 Å². The lowest BCUT2D eigenvalue weighted by atomic mass is 10.1. The molecule has 0 saturated heterocycles. The van der Waals surface area contributed by atoms with Gasteiger partial charge in [0.1, 0.15) is 21.4 Å². The molecule has 1 unspecified atom stereocenters. The van der Waals surface area contributed by atoms with Gasteiger partial charge >= 0.3 is 13.6 Å². The molecule has 40 heavy (non-hydrogen) atoms. The van der Waals surface area contributed by atoms with Gasteiger partial charge in [0.2, 0.25) is 0 Å². The molecule has 2 aromatic carbocycles. The van der Waals surface area contributed by atoms with E-state index in [0.717, 1.165) is 5.56 Å². The summed E-state index contributed by atoms with van der Waals surface area (Å²) in [6.07, 6.45) is 0.560. The number of hydrogen-bond acceptors (Lipinski definition) is 11. The number of nitrogens with one attached hydrogen (secondary N) is 1. The molecule has 0 aliphatic carbocycles. The van der Waals surface area contributed by atoms with Gasteiger partial charge in [-0.1, -0.05) is 6.07 Å². The zero-order valence-electron chi connectivity index (χ0n) is 23.7. The third-order valence-corrected chi connectivity index (χ3v) is 9.48. The molecular formula is C28H37N2O8PS. The number of aromatic nitrogens is 1. The summed E-state index contributed by atoms with van der Waals surface area (Å²) in [5.74, 6) is -0.254. The van der Waals surface area contributed by atoms with Crippen molar-refractivity contribution in [1.29, 1.82) is 0 Å². The third kappa shape index (κ3) is 7.41. The Morgan fingerprint density at radius 1 is 1.02 bits per heavy atom. The minimum Gasteiger partial charge on any atom is -0.508 e. The van der Waals surface area contributed by atoms with Gasteiger partial charge in [0.05, 0.1) is 39.7 Å². The standard InChI is InChI=1S/C28H37N2O8PS/c1-7-36-28(32)25-18(4)30-27(40-25)20-11-12-22(31)21(17-20)26(39(33,37-8-2)38-9-3)29-15-14-19-10-13-23(34-5)24(16-19)35-6/h10-13,16-17,26,29,31H,7-9,14-15H2,1-6H3. The van der Waals surface area contributed by atoms with Gasteiger partial charge in [-0.05, 0) is 70.0 Å². The predicted molar refractivity (Wildman–Crippen MR) is 155 cm³/mol. The van der Waals surface area contributed by atoms with Crippen LogP contribution in [0.2, 0.25) is 0 Å². The Balaban J connectivity index is 1.97. The van der Waals surface area contributed by atoms with Gasteiger partial charge in [0.25, 0.3) is 0 Å². The molecule has 0 amide bonds. The van der Waals surface area contributed by atoms with Crippen LogP contribution in [0.15, 0.2) is 36.4 Å². The van der Waals surface area contributed by atoms with Crippen LogP contribution in [0.4, 0.5) is 0 Å². The molecule has 1 atom stereocenters. The number of carbonyl (C=O) groups is 1. The van der Waals surface area contributed by atoms with Gasteiger partial charge in [0.15, 0.2) is 11.5 Å². The highest BCUT2D eigenvalue weighted by molar-refractivity contribution is 7.54. The molecule has 0 spiro atoms. The lowest BCUT2D eigenvalue weighted by Gasteiger charge is -2.28. The second kappa shape index (κ2) is 14.6. The van der Waals surface area contributed by atoms with Crippen LogP contribution in [0.1, 0.15) is 53.0 Å². The Morgan fingerprint density at radius 3 is 2.35 bits per heavy atom. The number of rotatable bonds is 15. The van der Waals surface area contributed by atoms with Crippen molar-refractivity contribution in [3.63, 3.8) is 0 Å².